The van der Waals surface area contributed by atoms with Gasteiger partial charge in [0.15, 0.2) is 24.4 Å². The third kappa shape index (κ3) is 81.8. The smallest absolute Gasteiger partial charge is 1.00 e. The summed E-state index contributed by atoms with van der Waals surface area (Å²) < 4.78 is 74.2. The molecule has 0 saturated carbocycles. The number of pyridine rings is 7. The van der Waals surface area contributed by atoms with Crippen molar-refractivity contribution in [2.45, 2.75) is 116 Å². The molecule has 0 spiro atoms. The number of aliphatic hydroxyl groups is 4. The van der Waals surface area contributed by atoms with Crippen LogP contribution >= 0.6 is 15.9 Å². The second kappa shape index (κ2) is 82.8. The third-order valence-electron chi connectivity index (χ3n) is 11.7. The Morgan fingerprint density at radius 1 is 0.413 bits per heavy atom. The van der Waals surface area contributed by atoms with E-state index in [9.17, 15) is 67.9 Å². The van der Waals surface area contributed by atoms with E-state index in [-0.39, 0.29) is 240 Å². The van der Waals surface area contributed by atoms with Crippen LogP contribution in [0, 0.1) is 20.8 Å². The molecule has 44 nitrogen and oxygen atoms in total. The van der Waals surface area contributed by atoms with Gasteiger partial charge >= 0.3 is 170 Å². The Labute approximate surface area is 822 Å². The Hall–Kier alpha value is -10.5. The molecule has 0 aromatic carbocycles. The van der Waals surface area contributed by atoms with E-state index < -0.39 is 48.1 Å². The van der Waals surface area contributed by atoms with Crippen molar-refractivity contribution in [2.24, 2.45) is 0 Å². The molecule has 0 amide bonds. The molecule has 0 bridgehead atoms. The van der Waals surface area contributed by atoms with Crippen molar-refractivity contribution >= 4 is 94.4 Å². The number of nitrogens with zero attached hydrogens (tertiary/aromatic N) is 7. The van der Waals surface area contributed by atoms with Gasteiger partial charge in [-0.1, -0.05) is 15.9 Å². The second-order valence-electron chi connectivity index (χ2n) is 22.5. The molecule has 7 heterocycles. The number of rotatable bonds is 31. The average molecular weight is 1900 g/mol. The van der Waals surface area contributed by atoms with Crippen molar-refractivity contribution in [3.8, 4) is 40.2 Å². The molecule has 0 aliphatic carbocycles. The van der Waals surface area contributed by atoms with E-state index in [1.54, 1.807) is 79.9 Å². The fraction of sp³-hybridized carbons (Fsp3) is 0.392. The quantitative estimate of drug-likeness (QED) is 0.00195. The number of carbonyl (C=O) groups excluding carboxylic acids is 13. The minimum atomic E-state index is -1.20. The average Bonchev–Trinajstić information content (AvgIpc) is 0.873. The van der Waals surface area contributed by atoms with Crippen LogP contribution in [0.2, 0.25) is 0 Å². The van der Waals surface area contributed by atoms with Crippen molar-refractivity contribution in [2.75, 3.05) is 91.2 Å². The van der Waals surface area contributed by atoms with E-state index in [2.05, 4.69) is 55.2 Å². The molecule has 686 valence electrons. The molecular weight excluding hydrogens is 1800 g/mol. The maximum Gasteiger partial charge on any atom is 1.00 e. The number of aromatic hydroxyl groups is 1. The summed E-state index contributed by atoms with van der Waals surface area (Å²) in [5.41, 5.74) is 4.26. The summed E-state index contributed by atoms with van der Waals surface area (Å²) in [4.78, 5) is 155. The first-order chi connectivity index (χ1) is 58.7. The van der Waals surface area contributed by atoms with Crippen molar-refractivity contribution in [3.63, 3.8) is 0 Å². The van der Waals surface area contributed by atoms with Gasteiger partial charge in [0.25, 0.3) is 30.8 Å². The maximum absolute atomic E-state index is 11.0. The molecule has 47 heteroatoms. The Bertz CT molecular complexity index is 4110. The van der Waals surface area contributed by atoms with E-state index in [1.165, 1.54) is 119 Å². The van der Waals surface area contributed by atoms with Gasteiger partial charge in [0, 0.05) is 121 Å². The van der Waals surface area contributed by atoms with Gasteiger partial charge in [-0.15, -0.1) is 0 Å². The van der Waals surface area contributed by atoms with Crippen LogP contribution in [-0.2, 0) is 118 Å². The van der Waals surface area contributed by atoms with Gasteiger partial charge in [-0.25, -0.2) is 9.97 Å². The number of esters is 11. The molecule has 7 N–H and O–H groups in total. The van der Waals surface area contributed by atoms with Crippen molar-refractivity contribution in [1.82, 2.24) is 24.9 Å². The zero-order chi connectivity index (χ0) is 94.6. The van der Waals surface area contributed by atoms with E-state index in [4.69, 9.17) is 97.2 Å². The number of aromatic nitrogens is 7. The number of aryl methyl sites for hydroxylation is 3. The van der Waals surface area contributed by atoms with Gasteiger partial charge in [0.1, 0.15) is 106 Å². The summed E-state index contributed by atoms with van der Waals surface area (Å²) in [7, 11) is 0. The second-order valence-corrected chi connectivity index (χ2v) is 23.2. The molecular formula is C79H107BrK2N7O37+3. The minimum Gasteiger partial charge on any atom is -1.00 e. The summed E-state index contributed by atoms with van der Waals surface area (Å²) in [6.07, 6.45) is 9.65. The Morgan fingerprint density at radius 3 is 1.06 bits per heavy atom. The molecule has 0 fully saturated rings. The SMILES string of the molecule is CC(=O)OC(C)=O.CC(=O)OC(C)=O.CC(=O)OCCOc1ccc(C(OC(C)=O)OC(C)=O)nc1.CC(=O)OCCOc1ccc(COC(C)=O)[n+](O)c1.CC(=O)OCCOc1ccc(COC(C)=O)nc1.Cc1ccc(O)cn1.Cc1ccc(OCCO)c[n+]1O.Cc1ccc(OCCO)cn1.O=CO[O-].O=Cc1ccc(OCCO)cn1.OCCBr.[H+].[H-].[K+].[K+]. The van der Waals surface area contributed by atoms with Crippen LogP contribution in [0.3, 0.4) is 0 Å². The van der Waals surface area contributed by atoms with E-state index in [1.807, 2.05) is 26.0 Å². The molecule has 0 unspecified atom stereocenters. The first-order valence-electron chi connectivity index (χ1n) is 35.9. The van der Waals surface area contributed by atoms with Crippen molar-refractivity contribution in [1.29, 1.82) is 0 Å². The predicted octanol–water partition coefficient (Wildman–Crippen LogP) is -2.30. The molecule has 126 heavy (non-hydrogen) atoms. The zero-order valence-electron chi connectivity index (χ0n) is 74.6. The summed E-state index contributed by atoms with van der Waals surface area (Å²) >= 11 is 3.00. The monoisotopic (exact) mass is 1900 g/mol. The summed E-state index contributed by atoms with van der Waals surface area (Å²) in [6, 6.07) is 23.4. The Balaban J connectivity index is -0.000000212. The van der Waals surface area contributed by atoms with Gasteiger partial charge in [-0.3, -0.25) is 87.7 Å². The predicted molar refractivity (Wildman–Crippen MR) is 427 cm³/mol. The third-order valence-corrected chi connectivity index (χ3v) is 12.0. The van der Waals surface area contributed by atoms with Gasteiger partial charge in [0.2, 0.25) is 5.69 Å². The topological polar surface area (TPSA) is 606 Å². The number of alkyl halides is 1. The molecule has 7 aromatic rings. The van der Waals surface area contributed by atoms with Crippen LogP contribution in [0.5, 0.6) is 40.2 Å². The first-order valence-corrected chi connectivity index (χ1v) is 37.1. The normalized spacial score (nSPS) is 9.12. The van der Waals surface area contributed by atoms with Crippen LogP contribution in [0.1, 0.15) is 130 Å². The summed E-state index contributed by atoms with van der Waals surface area (Å²) in [6.45, 7) is 21.3. The van der Waals surface area contributed by atoms with Gasteiger partial charge in [0.05, 0.1) is 63.1 Å². The van der Waals surface area contributed by atoms with Crippen molar-refractivity contribution < 1.29 is 295 Å². The number of ether oxygens (including phenoxy) is 15. The van der Waals surface area contributed by atoms with E-state index >= 15 is 0 Å². The number of hydrogen-bond donors (Lipinski definition) is 7. The van der Waals surface area contributed by atoms with Crippen LogP contribution in [0.4, 0.5) is 0 Å². The van der Waals surface area contributed by atoms with Gasteiger partial charge in [-0.2, -0.15) is 0 Å². The molecule has 0 atom stereocenters. The van der Waals surface area contributed by atoms with Crippen LogP contribution in [0.25, 0.3) is 0 Å². The molecule has 0 radical (unpaired) electrons. The standard InChI is InChI=1S/C14H17NO7.C12H16NO6.C12H15NO5.C8H12NO3.C8H9NO3.C8H11NO2.C6H7NO.2C4H6O3.C2H5BrO.CH2O3.2K.H/c1-9(16)19-6-7-20-12-4-5-13(15-8-12)14(21-10(2)17)22-11(3)18;1-9(14)17-5-6-18-12-4-3-11(13(16)7-12)8-19-10(2)15;1-9(14)16-5-6-17-12-4-3-11(13-7-12)8-18-10(2)15;1-7-2-3-8(6-9(7)11)12-5-4-10;10-3-4-12-8-2-1-7(6-11)9-5-8;1-7-2-3-8(6-9-7)11-5-4-10;1-5-2-3-6(8)4-7-5;2*1-3(5)7-4(2)6;3-1-2-4;2-1-4-3;;;/h4-5,8,14H,6-7H2,1-3H3;3-4,7,16H,5-6,8H2,1-2H3;3-4,7H,5-6,8H2,1-2H3;2-3,6,10-11H,4-5H2,1H3;1-2,5-6,10H,3-4H2;2-3,6,10H,4-5H2,1H3;2-4,8H,1H3;2*1-2H3;4H,1-2H2;1,3H;;;/q;+1;;+1;;;;;;;;2*+1;-1. The van der Waals surface area contributed by atoms with Crippen LogP contribution in [-0.4, -0.2) is 231 Å². The molecule has 7 aromatic heterocycles. The molecule has 0 aliphatic heterocycles. The molecule has 0 aliphatic rings. The zero-order valence-corrected chi connectivity index (χ0v) is 80.4. The summed E-state index contributed by atoms with van der Waals surface area (Å²) in [5, 5.41) is 69.7. The van der Waals surface area contributed by atoms with Gasteiger partial charge in [-0.05, 0) is 86.6 Å². The first kappa shape index (κ1) is 126. The number of aldehydes is 1. The fourth-order valence-corrected chi connectivity index (χ4v) is 6.80. The summed E-state index contributed by atoms with van der Waals surface area (Å²) in [5.74, 6) is -1.93. The van der Waals surface area contributed by atoms with Crippen LogP contribution in [0.15, 0.2) is 128 Å². The number of halogens is 1. The molecule has 0 saturated heterocycles. The number of hydrogen-bond acceptors (Lipinski definition) is 42. The van der Waals surface area contributed by atoms with Crippen LogP contribution < -0.4 is 146 Å². The molecule has 7 rings (SSSR count). The maximum atomic E-state index is 11.0. The number of carbonyl (C=O) groups is 13. The number of aliphatic hydroxyl groups excluding tert-OH is 4. The largest absolute Gasteiger partial charge is 1.00 e. The van der Waals surface area contributed by atoms with Gasteiger partial charge < -0.3 is 108 Å². The van der Waals surface area contributed by atoms with E-state index in [0.717, 1.165) is 26.5 Å². The Morgan fingerprint density at radius 2 is 0.762 bits per heavy atom. The minimum absolute atomic E-state index is 0. The van der Waals surface area contributed by atoms with Crippen molar-refractivity contribution in [3.05, 3.63) is 168 Å². The fourth-order valence-electron chi connectivity index (χ4n) is 6.80. The van der Waals surface area contributed by atoms with E-state index in [0.29, 0.717) is 69.8 Å². The Kier molecular flexibility index (Phi) is 83.0.